The van der Waals surface area contributed by atoms with Crippen LogP contribution < -0.4 is 0 Å². The van der Waals surface area contributed by atoms with Gasteiger partial charge in [0.2, 0.25) is 0 Å². The molecule has 1 N–H and O–H groups in total. The number of furan rings is 1. The van der Waals surface area contributed by atoms with Crippen molar-refractivity contribution in [1.29, 1.82) is 0 Å². The number of amides is 1. The number of carboxylic acids is 1. The van der Waals surface area contributed by atoms with Gasteiger partial charge in [-0.05, 0) is 59.7 Å². The quantitative estimate of drug-likeness (QED) is 0.192. The number of nitro benzene ring substituents is 1. The van der Waals surface area contributed by atoms with Crippen molar-refractivity contribution in [3.05, 3.63) is 135 Å². The number of aromatic carboxylic acids is 1. The van der Waals surface area contributed by atoms with E-state index in [1.54, 1.807) is 59.5 Å². The first kappa shape index (κ1) is 23.5. The molecule has 8 nitrogen and oxygen atoms in total. The van der Waals surface area contributed by atoms with Gasteiger partial charge in [0.15, 0.2) is 0 Å². The van der Waals surface area contributed by atoms with Crippen molar-refractivity contribution in [2.24, 2.45) is 0 Å². The third-order valence-corrected chi connectivity index (χ3v) is 5.95. The second kappa shape index (κ2) is 9.79. The molecule has 0 fully saturated rings. The SMILES string of the molecule is O=C(O)c1cccc(CN2C(=O)/C(=C/c3ccc(-c4ccc([N+](=O)[O-])cc4)o3)C=C2c2ccccc2)c1. The maximum Gasteiger partial charge on any atom is 0.335 e. The average Bonchev–Trinajstić information content (AvgIpc) is 3.50. The fourth-order valence-corrected chi connectivity index (χ4v) is 4.13. The number of carbonyl (C=O) groups is 2. The van der Waals surface area contributed by atoms with Gasteiger partial charge in [0, 0.05) is 23.3 Å². The van der Waals surface area contributed by atoms with Crippen LogP contribution in [0.4, 0.5) is 5.69 Å². The molecule has 0 aliphatic carbocycles. The zero-order valence-corrected chi connectivity index (χ0v) is 19.4. The number of hydrogen-bond donors (Lipinski definition) is 1. The third-order valence-electron chi connectivity index (χ3n) is 5.95. The number of rotatable bonds is 7. The third kappa shape index (κ3) is 4.94. The summed E-state index contributed by atoms with van der Waals surface area (Å²) in [6, 6.07) is 25.5. The molecule has 4 aromatic rings. The van der Waals surface area contributed by atoms with Crippen LogP contribution in [0.1, 0.15) is 27.2 Å². The first-order chi connectivity index (χ1) is 17.9. The van der Waals surface area contributed by atoms with Crippen LogP contribution in [0.15, 0.2) is 107 Å². The lowest BCUT2D eigenvalue weighted by atomic mass is 10.1. The minimum atomic E-state index is -1.03. The molecule has 1 aliphatic heterocycles. The van der Waals surface area contributed by atoms with Crippen LogP contribution in [0.5, 0.6) is 0 Å². The Morgan fingerprint density at radius 2 is 1.70 bits per heavy atom. The second-order valence-corrected chi connectivity index (χ2v) is 8.40. The number of nitrogens with zero attached hydrogens (tertiary/aromatic N) is 2. The van der Waals surface area contributed by atoms with E-state index in [4.69, 9.17) is 4.42 Å². The molecule has 5 rings (SSSR count). The number of non-ortho nitro benzene ring substituents is 1. The summed E-state index contributed by atoms with van der Waals surface area (Å²) in [5.41, 5.74) is 3.46. The van der Waals surface area contributed by atoms with Crippen molar-refractivity contribution in [2.75, 3.05) is 0 Å². The molecule has 0 radical (unpaired) electrons. The molecule has 182 valence electrons. The molecule has 0 bridgehead atoms. The molecule has 1 amide bonds. The molecule has 0 unspecified atom stereocenters. The van der Waals surface area contributed by atoms with Crippen molar-refractivity contribution >= 4 is 29.3 Å². The van der Waals surface area contributed by atoms with E-state index >= 15 is 0 Å². The first-order valence-corrected chi connectivity index (χ1v) is 11.4. The van der Waals surface area contributed by atoms with Gasteiger partial charge in [-0.1, -0.05) is 42.5 Å². The smallest absolute Gasteiger partial charge is 0.335 e. The number of hydrogen-bond acceptors (Lipinski definition) is 5. The molecule has 0 atom stereocenters. The Labute approximate surface area is 211 Å². The zero-order valence-electron chi connectivity index (χ0n) is 19.4. The van der Waals surface area contributed by atoms with Crippen LogP contribution in [0.25, 0.3) is 23.1 Å². The molecule has 0 saturated heterocycles. The van der Waals surface area contributed by atoms with Crippen molar-refractivity contribution < 1.29 is 24.0 Å². The molecular weight excluding hydrogens is 472 g/mol. The summed E-state index contributed by atoms with van der Waals surface area (Å²) in [5.74, 6) is -0.305. The van der Waals surface area contributed by atoms with Crippen molar-refractivity contribution in [3.63, 3.8) is 0 Å². The van der Waals surface area contributed by atoms with Gasteiger partial charge in [-0.3, -0.25) is 14.9 Å². The van der Waals surface area contributed by atoms with Crippen LogP contribution in [0.3, 0.4) is 0 Å². The molecular formula is C29H20N2O6. The summed E-state index contributed by atoms with van der Waals surface area (Å²) in [6.07, 6.45) is 3.43. The van der Waals surface area contributed by atoms with Gasteiger partial charge >= 0.3 is 5.97 Å². The van der Waals surface area contributed by atoms with E-state index in [2.05, 4.69) is 0 Å². The molecule has 8 heteroatoms. The van der Waals surface area contributed by atoms with Crippen LogP contribution in [-0.2, 0) is 11.3 Å². The number of benzene rings is 3. The molecule has 1 aliphatic rings. The first-order valence-electron chi connectivity index (χ1n) is 11.4. The molecule has 37 heavy (non-hydrogen) atoms. The Morgan fingerprint density at radius 1 is 0.946 bits per heavy atom. The summed E-state index contributed by atoms with van der Waals surface area (Å²) >= 11 is 0. The van der Waals surface area contributed by atoms with Gasteiger partial charge in [-0.2, -0.15) is 0 Å². The highest BCUT2D eigenvalue weighted by Crippen LogP contribution is 2.33. The zero-order chi connectivity index (χ0) is 25.9. The summed E-state index contributed by atoms with van der Waals surface area (Å²) in [5, 5.41) is 20.2. The molecule has 1 aromatic heterocycles. The highest BCUT2D eigenvalue weighted by molar-refractivity contribution is 6.10. The lowest BCUT2D eigenvalue weighted by Crippen LogP contribution is -2.25. The van der Waals surface area contributed by atoms with Crippen LogP contribution in [0, 0.1) is 10.1 Å². The molecule has 2 heterocycles. The van der Waals surface area contributed by atoms with Gasteiger partial charge in [-0.15, -0.1) is 0 Å². The number of carboxylic acid groups (broad SMARTS) is 1. The van der Waals surface area contributed by atoms with Crippen LogP contribution >= 0.6 is 0 Å². The van der Waals surface area contributed by atoms with Gasteiger partial charge in [0.25, 0.3) is 11.6 Å². The van der Waals surface area contributed by atoms with Gasteiger partial charge in [-0.25, -0.2) is 4.79 Å². The molecule has 0 saturated carbocycles. The van der Waals surface area contributed by atoms with E-state index in [0.717, 1.165) is 5.56 Å². The van der Waals surface area contributed by atoms with Crippen molar-refractivity contribution in [2.45, 2.75) is 6.54 Å². The minimum Gasteiger partial charge on any atom is -0.478 e. The van der Waals surface area contributed by atoms with E-state index in [-0.39, 0.29) is 23.7 Å². The lowest BCUT2D eigenvalue weighted by molar-refractivity contribution is -0.384. The molecule has 0 spiro atoms. The average molecular weight is 492 g/mol. The standard InChI is InChI=1S/C29H20N2O6/c32-28-23(16-25-13-14-27(37-25)21-9-11-24(12-10-21)31(35)36)17-26(20-6-2-1-3-7-20)30(28)18-19-5-4-8-22(15-19)29(33)34/h1-17H,18H2,(H,33,34)/b23-16+. The Morgan fingerprint density at radius 3 is 2.41 bits per heavy atom. The highest BCUT2D eigenvalue weighted by Gasteiger charge is 2.29. The maximum atomic E-state index is 13.5. The monoisotopic (exact) mass is 492 g/mol. The van der Waals surface area contributed by atoms with E-state index < -0.39 is 10.9 Å². The van der Waals surface area contributed by atoms with Gasteiger partial charge < -0.3 is 14.4 Å². The fraction of sp³-hybridized carbons (Fsp3) is 0.0345. The van der Waals surface area contributed by atoms with Crippen molar-refractivity contribution in [1.82, 2.24) is 4.90 Å². The van der Waals surface area contributed by atoms with Gasteiger partial charge in [0.05, 0.1) is 22.7 Å². The predicted octanol–water partition coefficient (Wildman–Crippen LogP) is 6.02. The van der Waals surface area contributed by atoms with Gasteiger partial charge in [0.1, 0.15) is 11.5 Å². The number of nitro groups is 1. The van der Waals surface area contributed by atoms with Crippen LogP contribution in [0.2, 0.25) is 0 Å². The summed E-state index contributed by atoms with van der Waals surface area (Å²) in [4.78, 5) is 36.9. The second-order valence-electron chi connectivity index (χ2n) is 8.40. The predicted molar refractivity (Wildman–Crippen MR) is 137 cm³/mol. The Balaban J connectivity index is 1.46. The minimum absolute atomic E-state index is 0.0123. The Hall–Kier alpha value is -5.24. The Bertz CT molecular complexity index is 1570. The largest absolute Gasteiger partial charge is 0.478 e. The maximum absolute atomic E-state index is 13.5. The van der Waals surface area contributed by atoms with E-state index in [1.165, 1.54) is 18.2 Å². The van der Waals surface area contributed by atoms with Crippen molar-refractivity contribution in [3.8, 4) is 11.3 Å². The number of carbonyl (C=O) groups excluding carboxylic acids is 1. The summed E-state index contributed by atoms with van der Waals surface area (Å²) < 4.78 is 5.91. The Kier molecular flexibility index (Phi) is 6.22. The van der Waals surface area contributed by atoms with E-state index in [0.29, 0.717) is 33.9 Å². The normalized spacial score (nSPS) is 14.2. The van der Waals surface area contributed by atoms with Crippen LogP contribution in [-0.4, -0.2) is 26.8 Å². The topological polar surface area (TPSA) is 114 Å². The summed E-state index contributed by atoms with van der Waals surface area (Å²) in [6.45, 7) is 0.199. The van der Waals surface area contributed by atoms with E-state index in [9.17, 15) is 24.8 Å². The highest BCUT2D eigenvalue weighted by atomic mass is 16.6. The molecule has 3 aromatic carbocycles. The lowest BCUT2D eigenvalue weighted by Gasteiger charge is -2.21. The fourth-order valence-electron chi connectivity index (χ4n) is 4.13. The van der Waals surface area contributed by atoms with E-state index in [1.807, 2.05) is 30.3 Å². The summed E-state index contributed by atoms with van der Waals surface area (Å²) in [7, 11) is 0.